The molecule has 1 saturated carbocycles. The van der Waals surface area contributed by atoms with E-state index < -0.39 is 5.97 Å². The van der Waals surface area contributed by atoms with Crippen LogP contribution in [-0.4, -0.2) is 23.7 Å². The number of hydrogen-bond donors (Lipinski definition) is 2. The van der Waals surface area contributed by atoms with E-state index in [0.29, 0.717) is 6.04 Å². The fourth-order valence-corrected chi connectivity index (χ4v) is 1.36. The van der Waals surface area contributed by atoms with Crippen molar-refractivity contribution in [2.24, 2.45) is 5.92 Å². The van der Waals surface area contributed by atoms with E-state index in [-0.39, 0.29) is 6.54 Å². The summed E-state index contributed by atoms with van der Waals surface area (Å²) in [6, 6.07) is 0.436. The highest BCUT2D eigenvalue weighted by atomic mass is 16.4. The molecule has 0 heterocycles. The lowest BCUT2D eigenvalue weighted by molar-refractivity contribution is -0.136. The molecule has 0 bridgehead atoms. The summed E-state index contributed by atoms with van der Waals surface area (Å²) in [5.74, 6) is -0.0107. The maximum Gasteiger partial charge on any atom is 0.317 e. The summed E-state index contributed by atoms with van der Waals surface area (Å²) in [6.07, 6.45) is 3.58. The summed E-state index contributed by atoms with van der Waals surface area (Å²) in [5.41, 5.74) is 0. The van der Waals surface area contributed by atoms with Gasteiger partial charge in [0.25, 0.3) is 0 Å². The van der Waals surface area contributed by atoms with Gasteiger partial charge in [0.05, 0.1) is 6.54 Å². The minimum atomic E-state index is -0.760. The Morgan fingerprint density at radius 2 is 2.36 bits per heavy atom. The van der Waals surface area contributed by atoms with Gasteiger partial charge in [-0.3, -0.25) is 4.79 Å². The Kier molecular flexibility index (Phi) is 2.88. The highest BCUT2D eigenvalue weighted by Crippen LogP contribution is 2.33. The highest BCUT2D eigenvalue weighted by molar-refractivity contribution is 5.69. The van der Waals surface area contributed by atoms with Crippen LogP contribution in [0.4, 0.5) is 0 Å². The molecule has 64 valence electrons. The van der Waals surface area contributed by atoms with Crippen molar-refractivity contribution in [3.8, 4) is 0 Å². The minimum Gasteiger partial charge on any atom is -0.480 e. The standard InChI is InChI=1S/C8H15NO2/c1-2-7(6-3-4-6)9-5-8(10)11/h6-7,9H,2-5H2,1H3,(H,10,11). The summed E-state index contributed by atoms with van der Waals surface area (Å²) in [4.78, 5) is 10.2. The molecule has 0 aromatic heterocycles. The normalized spacial score (nSPS) is 19.7. The molecule has 0 radical (unpaired) electrons. The van der Waals surface area contributed by atoms with E-state index in [1.165, 1.54) is 12.8 Å². The van der Waals surface area contributed by atoms with E-state index >= 15 is 0 Å². The number of carboxylic acids is 1. The van der Waals surface area contributed by atoms with Crippen molar-refractivity contribution >= 4 is 5.97 Å². The Balaban J connectivity index is 2.15. The molecule has 0 spiro atoms. The van der Waals surface area contributed by atoms with Gasteiger partial charge in [0.15, 0.2) is 0 Å². The topological polar surface area (TPSA) is 49.3 Å². The zero-order valence-corrected chi connectivity index (χ0v) is 6.84. The lowest BCUT2D eigenvalue weighted by Crippen LogP contribution is -2.34. The van der Waals surface area contributed by atoms with Crippen LogP contribution in [0.25, 0.3) is 0 Å². The molecule has 3 heteroatoms. The van der Waals surface area contributed by atoms with Crippen LogP contribution in [0.3, 0.4) is 0 Å². The smallest absolute Gasteiger partial charge is 0.317 e. The molecule has 0 saturated heterocycles. The summed E-state index contributed by atoms with van der Waals surface area (Å²) in [5, 5.41) is 11.4. The van der Waals surface area contributed by atoms with Crippen molar-refractivity contribution in [1.82, 2.24) is 5.32 Å². The van der Waals surface area contributed by atoms with Crippen molar-refractivity contribution in [2.45, 2.75) is 32.2 Å². The van der Waals surface area contributed by atoms with Crippen LogP contribution in [0.2, 0.25) is 0 Å². The van der Waals surface area contributed by atoms with Gasteiger partial charge in [-0.2, -0.15) is 0 Å². The van der Waals surface area contributed by atoms with E-state index in [1.807, 2.05) is 0 Å². The Bertz CT molecular complexity index is 143. The van der Waals surface area contributed by atoms with Crippen LogP contribution >= 0.6 is 0 Å². The maximum absolute atomic E-state index is 10.2. The number of carbonyl (C=O) groups is 1. The van der Waals surface area contributed by atoms with Crippen LogP contribution in [0.1, 0.15) is 26.2 Å². The summed E-state index contributed by atoms with van der Waals surface area (Å²) in [7, 11) is 0. The fraction of sp³-hybridized carbons (Fsp3) is 0.875. The van der Waals surface area contributed by atoms with E-state index in [4.69, 9.17) is 5.11 Å². The van der Waals surface area contributed by atoms with Crippen molar-refractivity contribution in [3.05, 3.63) is 0 Å². The van der Waals surface area contributed by atoms with Gasteiger partial charge in [-0.25, -0.2) is 0 Å². The molecule has 0 aromatic carbocycles. The summed E-state index contributed by atoms with van der Waals surface area (Å²) >= 11 is 0. The second-order valence-electron chi connectivity index (χ2n) is 3.13. The molecule has 1 fully saturated rings. The molecule has 2 N–H and O–H groups in total. The van der Waals surface area contributed by atoms with Crippen molar-refractivity contribution in [2.75, 3.05) is 6.54 Å². The highest BCUT2D eigenvalue weighted by Gasteiger charge is 2.29. The molecular formula is C8H15NO2. The first-order chi connectivity index (χ1) is 5.24. The average Bonchev–Trinajstić information content (AvgIpc) is 2.72. The van der Waals surface area contributed by atoms with Crippen molar-refractivity contribution in [3.63, 3.8) is 0 Å². The molecule has 1 aliphatic rings. The van der Waals surface area contributed by atoms with Crippen molar-refractivity contribution < 1.29 is 9.90 Å². The molecule has 0 amide bonds. The maximum atomic E-state index is 10.2. The Morgan fingerprint density at radius 3 is 2.73 bits per heavy atom. The molecule has 1 unspecified atom stereocenters. The Hall–Kier alpha value is -0.570. The Morgan fingerprint density at radius 1 is 1.73 bits per heavy atom. The van der Waals surface area contributed by atoms with Gasteiger partial charge < -0.3 is 10.4 Å². The summed E-state index contributed by atoms with van der Waals surface area (Å²) in [6.45, 7) is 2.20. The lowest BCUT2D eigenvalue weighted by Gasteiger charge is -2.13. The fourth-order valence-electron chi connectivity index (χ4n) is 1.36. The third kappa shape index (κ3) is 2.89. The van der Waals surface area contributed by atoms with Gasteiger partial charge in [-0.1, -0.05) is 6.92 Å². The summed E-state index contributed by atoms with van der Waals surface area (Å²) < 4.78 is 0. The molecular weight excluding hydrogens is 142 g/mol. The van der Waals surface area contributed by atoms with E-state index in [1.54, 1.807) is 0 Å². The zero-order valence-electron chi connectivity index (χ0n) is 6.84. The molecule has 11 heavy (non-hydrogen) atoms. The lowest BCUT2D eigenvalue weighted by atomic mass is 10.1. The van der Waals surface area contributed by atoms with Crippen molar-refractivity contribution in [1.29, 1.82) is 0 Å². The number of rotatable bonds is 5. The molecule has 3 nitrogen and oxygen atoms in total. The first kappa shape index (κ1) is 8.53. The second kappa shape index (κ2) is 3.72. The number of hydrogen-bond acceptors (Lipinski definition) is 2. The van der Waals surface area contributed by atoms with E-state index in [0.717, 1.165) is 12.3 Å². The van der Waals surface area contributed by atoms with Gasteiger partial charge in [-0.15, -0.1) is 0 Å². The van der Waals surface area contributed by atoms with E-state index in [2.05, 4.69) is 12.2 Å². The molecule has 1 aliphatic carbocycles. The van der Waals surface area contributed by atoms with Gasteiger partial charge in [0.2, 0.25) is 0 Å². The van der Waals surface area contributed by atoms with Gasteiger partial charge in [-0.05, 0) is 25.2 Å². The zero-order chi connectivity index (χ0) is 8.27. The van der Waals surface area contributed by atoms with Crippen LogP contribution in [0, 0.1) is 5.92 Å². The van der Waals surface area contributed by atoms with Gasteiger partial charge in [0.1, 0.15) is 0 Å². The van der Waals surface area contributed by atoms with Crippen LogP contribution in [-0.2, 0) is 4.79 Å². The third-order valence-corrected chi connectivity index (χ3v) is 2.15. The predicted octanol–water partition coefficient (Wildman–Crippen LogP) is 0.849. The molecule has 0 aromatic rings. The first-order valence-corrected chi connectivity index (χ1v) is 4.19. The number of carboxylic acid groups (broad SMARTS) is 1. The van der Waals surface area contributed by atoms with E-state index in [9.17, 15) is 4.79 Å². The average molecular weight is 157 g/mol. The van der Waals surface area contributed by atoms with Crippen LogP contribution in [0.5, 0.6) is 0 Å². The second-order valence-corrected chi connectivity index (χ2v) is 3.13. The van der Waals surface area contributed by atoms with Gasteiger partial charge in [0, 0.05) is 6.04 Å². The third-order valence-electron chi connectivity index (χ3n) is 2.15. The molecule has 1 atom stereocenters. The minimum absolute atomic E-state index is 0.106. The van der Waals surface area contributed by atoms with Crippen LogP contribution in [0.15, 0.2) is 0 Å². The van der Waals surface area contributed by atoms with Gasteiger partial charge >= 0.3 is 5.97 Å². The molecule has 0 aliphatic heterocycles. The number of aliphatic carboxylic acids is 1. The number of nitrogens with one attached hydrogen (secondary N) is 1. The Labute approximate surface area is 66.8 Å². The first-order valence-electron chi connectivity index (χ1n) is 4.19. The monoisotopic (exact) mass is 157 g/mol. The molecule has 1 rings (SSSR count). The SMILES string of the molecule is CCC(NCC(=O)O)C1CC1. The van der Waals surface area contributed by atoms with Crippen LogP contribution < -0.4 is 5.32 Å². The predicted molar refractivity (Wildman–Crippen MR) is 42.4 cm³/mol. The largest absolute Gasteiger partial charge is 0.480 e. The quantitative estimate of drug-likeness (QED) is 0.622.